The van der Waals surface area contributed by atoms with Crippen molar-refractivity contribution in [2.24, 2.45) is 0 Å². The molecular formula is C10H11ClFNO3S. The third-order valence-corrected chi connectivity index (χ3v) is 3.32. The first-order valence-electron chi connectivity index (χ1n) is 4.88. The van der Waals surface area contributed by atoms with Gasteiger partial charge in [0, 0.05) is 17.1 Å². The van der Waals surface area contributed by atoms with E-state index in [1.165, 1.54) is 0 Å². The van der Waals surface area contributed by atoms with Crippen LogP contribution in [0.15, 0.2) is 23.1 Å². The molecule has 0 spiro atoms. The number of hydrogen-bond acceptors (Lipinski definition) is 3. The summed E-state index contributed by atoms with van der Waals surface area (Å²) in [6.07, 6.45) is 0.913. The molecule has 0 heterocycles. The van der Waals surface area contributed by atoms with E-state index in [2.05, 4.69) is 5.32 Å². The summed E-state index contributed by atoms with van der Waals surface area (Å²) in [6.45, 7) is 1.82. The number of carbonyl (C=O) groups excluding carboxylic acids is 1. The van der Waals surface area contributed by atoms with E-state index in [0.29, 0.717) is 6.42 Å². The zero-order valence-electron chi connectivity index (χ0n) is 9.04. The van der Waals surface area contributed by atoms with Crippen LogP contribution in [0, 0.1) is 5.82 Å². The SMILES string of the molecule is CCCC(=O)Nc1ccc(S(=O)(=O)Cl)cc1F. The molecule has 1 rings (SSSR count). The lowest BCUT2D eigenvalue weighted by Gasteiger charge is -2.06. The van der Waals surface area contributed by atoms with Gasteiger partial charge in [-0.05, 0) is 24.6 Å². The zero-order chi connectivity index (χ0) is 13.1. The van der Waals surface area contributed by atoms with Gasteiger partial charge in [0.05, 0.1) is 10.6 Å². The fourth-order valence-electron chi connectivity index (χ4n) is 1.19. The Balaban J connectivity index is 2.95. The van der Waals surface area contributed by atoms with Crippen LogP contribution in [0.4, 0.5) is 10.1 Å². The number of rotatable bonds is 4. The van der Waals surface area contributed by atoms with Gasteiger partial charge in [0.2, 0.25) is 5.91 Å². The molecule has 4 nitrogen and oxygen atoms in total. The van der Waals surface area contributed by atoms with Gasteiger partial charge in [-0.1, -0.05) is 6.92 Å². The normalized spacial score (nSPS) is 11.2. The summed E-state index contributed by atoms with van der Waals surface area (Å²) >= 11 is 0. The summed E-state index contributed by atoms with van der Waals surface area (Å²) in [5, 5.41) is 2.34. The number of nitrogens with one attached hydrogen (secondary N) is 1. The van der Waals surface area contributed by atoms with Crippen LogP contribution in [0.2, 0.25) is 0 Å². The zero-order valence-corrected chi connectivity index (χ0v) is 10.6. The molecule has 1 amide bonds. The molecule has 1 N–H and O–H groups in total. The van der Waals surface area contributed by atoms with E-state index in [0.717, 1.165) is 18.2 Å². The average Bonchev–Trinajstić information content (AvgIpc) is 2.20. The molecule has 94 valence electrons. The highest BCUT2D eigenvalue weighted by Crippen LogP contribution is 2.21. The van der Waals surface area contributed by atoms with E-state index in [9.17, 15) is 17.6 Å². The molecule has 0 atom stereocenters. The summed E-state index contributed by atoms with van der Waals surface area (Å²) in [7, 11) is 1.10. The molecule has 0 saturated carbocycles. The molecule has 0 bridgehead atoms. The van der Waals surface area contributed by atoms with Crippen LogP contribution in [-0.2, 0) is 13.8 Å². The van der Waals surface area contributed by atoms with Gasteiger partial charge < -0.3 is 5.32 Å². The van der Waals surface area contributed by atoms with Crippen molar-refractivity contribution in [2.45, 2.75) is 24.7 Å². The minimum atomic E-state index is -3.96. The van der Waals surface area contributed by atoms with Crippen molar-refractivity contribution in [2.75, 3.05) is 5.32 Å². The summed E-state index contributed by atoms with van der Waals surface area (Å²) in [5.74, 6) is -1.16. The maximum atomic E-state index is 13.4. The first-order chi connectivity index (χ1) is 7.84. The molecule has 0 radical (unpaired) electrons. The van der Waals surface area contributed by atoms with Crippen molar-refractivity contribution in [1.29, 1.82) is 0 Å². The largest absolute Gasteiger partial charge is 0.324 e. The molecule has 0 aromatic heterocycles. The van der Waals surface area contributed by atoms with Gasteiger partial charge in [-0.2, -0.15) is 0 Å². The lowest BCUT2D eigenvalue weighted by Crippen LogP contribution is -2.12. The molecule has 17 heavy (non-hydrogen) atoms. The predicted molar refractivity (Wildman–Crippen MR) is 63.0 cm³/mol. The van der Waals surface area contributed by atoms with Crippen molar-refractivity contribution in [1.82, 2.24) is 0 Å². The highest BCUT2D eigenvalue weighted by atomic mass is 35.7. The smallest absolute Gasteiger partial charge is 0.261 e. The van der Waals surface area contributed by atoms with Crippen LogP contribution in [0.25, 0.3) is 0 Å². The highest BCUT2D eigenvalue weighted by molar-refractivity contribution is 8.13. The Morgan fingerprint density at radius 2 is 2.12 bits per heavy atom. The fourth-order valence-corrected chi connectivity index (χ4v) is 1.95. The van der Waals surface area contributed by atoms with Crippen molar-refractivity contribution in [3.05, 3.63) is 24.0 Å². The second-order valence-corrected chi connectivity index (χ2v) is 5.94. The van der Waals surface area contributed by atoms with E-state index < -0.39 is 14.9 Å². The maximum Gasteiger partial charge on any atom is 0.261 e. The van der Waals surface area contributed by atoms with Gasteiger partial charge in [0.1, 0.15) is 5.82 Å². The summed E-state index contributed by atoms with van der Waals surface area (Å²) in [5.41, 5.74) is -0.0625. The van der Waals surface area contributed by atoms with Crippen LogP contribution in [-0.4, -0.2) is 14.3 Å². The van der Waals surface area contributed by atoms with Crippen molar-refractivity contribution < 1.29 is 17.6 Å². The van der Waals surface area contributed by atoms with E-state index in [1.54, 1.807) is 0 Å². The molecule has 0 aliphatic heterocycles. The van der Waals surface area contributed by atoms with Gasteiger partial charge >= 0.3 is 0 Å². The Labute approximate surface area is 103 Å². The molecule has 7 heteroatoms. The molecule has 0 fully saturated rings. The predicted octanol–water partition coefficient (Wildman–Crippen LogP) is 2.49. The van der Waals surface area contributed by atoms with Gasteiger partial charge in [0.25, 0.3) is 9.05 Å². The Hall–Kier alpha value is -1.14. The van der Waals surface area contributed by atoms with Gasteiger partial charge in [-0.25, -0.2) is 12.8 Å². The standard InChI is InChI=1S/C10H11ClFNO3S/c1-2-3-10(14)13-9-5-4-7(6-8(9)12)17(11,15)16/h4-6H,2-3H2,1H3,(H,13,14). The first-order valence-corrected chi connectivity index (χ1v) is 7.19. The fraction of sp³-hybridized carbons (Fsp3) is 0.300. The number of amides is 1. The lowest BCUT2D eigenvalue weighted by atomic mass is 10.2. The quantitative estimate of drug-likeness (QED) is 0.861. The second-order valence-electron chi connectivity index (χ2n) is 3.38. The number of halogens is 2. The third kappa shape index (κ3) is 3.98. The monoisotopic (exact) mass is 279 g/mol. The molecular weight excluding hydrogens is 269 g/mol. The second kappa shape index (κ2) is 5.46. The van der Waals surface area contributed by atoms with Gasteiger partial charge in [-0.15, -0.1) is 0 Å². The van der Waals surface area contributed by atoms with Crippen LogP contribution in [0.5, 0.6) is 0 Å². The van der Waals surface area contributed by atoms with Gasteiger partial charge in [0.15, 0.2) is 0 Å². The Morgan fingerprint density at radius 1 is 1.47 bits per heavy atom. The van der Waals surface area contributed by atoms with Crippen LogP contribution in [0.1, 0.15) is 19.8 Å². The molecule has 0 saturated heterocycles. The lowest BCUT2D eigenvalue weighted by molar-refractivity contribution is -0.116. The molecule has 0 aliphatic carbocycles. The van der Waals surface area contributed by atoms with E-state index in [-0.39, 0.29) is 22.9 Å². The number of benzene rings is 1. The molecule has 1 aromatic carbocycles. The van der Waals surface area contributed by atoms with Crippen LogP contribution >= 0.6 is 10.7 Å². The number of anilines is 1. The summed E-state index contributed by atoms with van der Waals surface area (Å²) in [4.78, 5) is 10.9. The average molecular weight is 280 g/mol. The topological polar surface area (TPSA) is 63.2 Å². The molecule has 1 aromatic rings. The van der Waals surface area contributed by atoms with E-state index >= 15 is 0 Å². The minimum Gasteiger partial charge on any atom is -0.324 e. The summed E-state index contributed by atoms with van der Waals surface area (Å²) < 4.78 is 35.3. The summed E-state index contributed by atoms with van der Waals surface area (Å²) in [6, 6.07) is 3.06. The van der Waals surface area contributed by atoms with Crippen molar-refractivity contribution >= 4 is 31.3 Å². The Kier molecular flexibility index (Phi) is 4.47. The van der Waals surface area contributed by atoms with Crippen LogP contribution < -0.4 is 5.32 Å². The maximum absolute atomic E-state index is 13.4. The van der Waals surface area contributed by atoms with E-state index in [1.807, 2.05) is 6.92 Å². The number of carbonyl (C=O) groups is 1. The minimum absolute atomic E-state index is 0.0625. The molecule has 0 aliphatic rings. The first kappa shape index (κ1) is 13.9. The Bertz CT molecular complexity index is 530. The molecule has 0 unspecified atom stereocenters. The van der Waals surface area contributed by atoms with E-state index in [4.69, 9.17) is 10.7 Å². The number of hydrogen-bond donors (Lipinski definition) is 1. The highest BCUT2D eigenvalue weighted by Gasteiger charge is 2.14. The van der Waals surface area contributed by atoms with Crippen LogP contribution in [0.3, 0.4) is 0 Å². The van der Waals surface area contributed by atoms with Crippen molar-refractivity contribution in [3.63, 3.8) is 0 Å². The third-order valence-electron chi connectivity index (χ3n) is 1.97. The van der Waals surface area contributed by atoms with Gasteiger partial charge in [-0.3, -0.25) is 4.79 Å². The Morgan fingerprint density at radius 3 is 2.59 bits per heavy atom. The van der Waals surface area contributed by atoms with Crippen molar-refractivity contribution in [3.8, 4) is 0 Å².